The van der Waals surface area contributed by atoms with E-state index in [0.29, 0.717) is 5.92 Å². The Bertz CT molecular complexity index is 495. The van der Waals surface area contributed by atoms with Gasteiger partial charge in [-0.25, -0.2) is 0 Å². The van der Waals surface area contributed by atoms with Crippen molar-refractivity contribution in [2.24, 2.45) is 7.05 Å². The number of hydrogen-bond donors (Lipinski definition) is 0. The number of hydrogen-bond acceptors (Lipinski definition) is 1. The van der Waals surface area contributed by atoms with Crippen molar-refractivity contribution in [1.82, 2.24) is 9.78 Å². The van der Waals surface area contributed by atoms with Gasteiger partial charge in [-0.2, -0.15) is 5.10 Å². The van der Waals surface area contributed by atoms with Gasteiger partial charge < -0.3 is 0 Å². The maximum Gasteiger partial charge on any atom is 0.0568 e. The Morgan fingerprint density at radius 3 is 2.56 bits per heavy atom. The first kappa shape index (κ1) is 10.9. The smallest absolute Gasteiger partial charge is 0.0568 e. The predicted octanol–water partition coefficient (Wildman–Crippen LogP) is 3.52. The second kappa shape index (κ2) is 4.12. The minimum absolute atomic E-state index is 0.566. The van der Waals surface area contributed by atoms with Crippen molar-refractivity contribution >= 4 is 0 Å². The van der Waals surface area contributed by atoms with Gasteiger partial charge in [0.05, 0.1) is 6.20 Å². The van der Waals surface area contributed by atoms with Gasteiger partial charge in [0.2, 0.25) is 0 Å². The van der Waals surface area contributed by atoms with Crippen molar-refractivity contribution in [1.29, 1.82) is 0 Å². The lowest BCUT2D eigenvalue weighted by atomic mass is 9.95. The summed E-state index contributed by atoms with van der Waals surface area (Å²) in [6, 6.07) is 6.68. The molecule has 0 aliphatic heterocycles. The van der Waals surface area contributed by atoms with Crippen molar-refractivity contribution in [2.75, 3.05) is 0 Å². The van der Waals surface area contributed by atoms with E-state index in [1.807, 2.05) is 17.9 Å². The van der Waals surface area contributed by atoms with Gasteiger partial charge in [-0.1, -0.05) is 32.0 Å². The topological polar surface area (TPSA) is 17.8 Å². The summed E-state index contributed by atoms with van der Waals surface area (Å²) < 4.78 is 1.84. The number of aryl methyl sites for hydroxylation is 2. The largest absolute Gasteiger partial charge is 0.275 e. The molecule has 0 unspecified atom stereocenters. The van der Waals surface area contributed by atoms with E-state index in [1.165, 1.54) is 22.3 Å². The summed E-state index contributed by atoms with van der Waals surface area (Å²) in [5, 5.41) is 4.23. The molecule has 0 saturated heterocycles. The molecule has 0 saturated carbocycles. The minimum Gasteiger partial charge on any atom is -0.275 e. The molecule has 0 radical (unpaired) electrons. The maximum absolute atomic E-state index is 4.23. The zero-order chi connectivity index (χ0) is 11.7. The van der Waals surface area contributed by atoms with E-state index >= 15 is 0 Å². The number of aromatic nitrogens is 2. The van der Waals surface area contributed by atoms with Crippen molar-refractivity contribution < 1.29 is 0 Å². The molecule has 1 heterocycles. The molecule has 2 heteroatoms. The first-order valence-electron chi connectivity index (χ1n) is 5.67. The molecule has 0 aliphatic carbocycles. The van der Waals surface area contributed by atoms with Gasteiger partial charge in [-0.05, 0) is 29.5 Å². The summed E-state index contributed by atoms with van der Waals surface area (Å²) in [7, 11) is 1.95. The third-order valence-electron chi connectivity index (χ3n) is 2.94. The van der Waals surface area contributed by atoms with Gasteiger partial charge in [0, 0.05) is 18.8 Å². The first-order chi connectivity index (χ1) is 7.58. The highest BCUT2D eigenvalue weighted by Crippen LogP contribution is 2.26. The SMILES string of the molecule is Cc1ccc(C(C)C)cc1-c1cnn(C)c1. The van der Waals surface area contributed by atoms with Crippen LogP contribution in [0, 0.1) is 6.92 Å². The van der Waals surface area contributed by atoms with Crippen molar-refractivity contribution in [3.05, 3.63) is 41.7 Å². The number of benzene rings is 1. The Labute approximate surface area is 96.9 Å². The average Bonchev–Trinajstić information content (AvgIpc) is 2.65. The van der Waals surface area contributed by atoms with Gasteiger partial charge in [0.1, 0.15) is 0 Å². The van der Waals surface area contributed by atoms with Crippen LogP contribution in [0.5, 0.6) is 0 Å². The van der Waals surface area contributed by atoms with Gasteiger partial charge in [-0.15, -0.1) is 0 Å². The molecule has 2 aromatic rings. The van der Waals surface area contributed by atoms with Crippen LogP contribution in [0.2, 0.25) is 0 Å². The van der Waals surface area contributed by atoms with Gasteiger partial charge in [-0.3, -0.25) is 4.68 Å². The number of nitrogens with zero attached hydrogens (tertiary/aromatic N) is 2. The fourth-order valence-electron chi connectivity index (χ4n) is 1.87. The van der Waals surface area contributed by atoms with Crippen molar-refractivity contribution in [2.45, 2.75) is 26.7 Å². The Balaban J connectivity index is 2.51. The number of rotatable bonds is 2. The molecular formula is C14H18N2. The molecule has 84 valence electrons. The Kier molecular flexibility index (Phi) is 2.82. The quantitative estimate of drug-likeness (QED) is 0.748. The third kappa shape index (κ3) is 2.01. The van der Waals surface area contributed by atoms with Crippen molar-refractivity contribution in [3.63, 3.8) is 0 Å². The van der Waals surface area contributed by atoms with Crippen LogP contribution >= 0.6 is 0 Å². The molecule has 0 spiro atoms. The molecule has 0 amide bonds. The van der Waals surface area contributed by atoms with Crippen LogP contribution < -0.4 is 0 Å². The summed E-state index contributed by atoms with van der Waals surface area (Å²) in [4.78, 5) is 0. The average molecular weight is 214 g/mol. The fourth-order valence-corrected chi connectivity index (χ4v) is 1.87. The second-order valence-electron chi connectivity index (χ2n) is 4.63. The molecule has 2 rings (SSSR count). The van der Waals surface area contributed by atoms with Crippen LogP contribution in [-0.4, -0.2) is 9.78 Å². The van der Waals surface area contributed by atoms with E-state index in [9.17, 15) is 0 Å². The molecule has 0 atom stereocenters. The van der Waals surface area contributed by atoms with E-state index in [1.54, 1.807) is 0 Å². The monoisotopic (exact) mass is 214 g/mol. The highest BCUT2D eigenvalue weighted by molar-refractivity contribution is 5.66. The molecule has 1 aromatic carbocycles. The lowest BCUT2D eigenvalue weighted by Crippen LogP contribution is -1.90. The van der Waals surface area contributed by atoms with E-state index in [-0.39, 0.29) is 0 Å². The van der Waals surface area contributed by atoms with E-state index in [0.717, 1.165) is 0 Å². The molecule has 0 bridgehead atoms. The fraction of sp³-hybridized carbons (Fsp3) is 0.357. The van der Waals surface area contributed by atoms with E-state index < -0.39 is 0 Å². The van der Waals surface area contributed by atoms with Crippen LogP contribution in [0.4, 0.5) is 0 Å². The second-order valence-corrected chi connectivity index (χ2v) is 4.63. The Hall–Kier alpha value is -1.57. The molecule has 16 heavy (non-hydrogen) atoms. The summed E-state index contributed by atoms with van der Waals surface area (Å²) in [6.07, 6.45) is 3.98. The summed E-state index contributed by atoms with van der Waals surface area (Å²) in [5.74, 6) is 0.566. The third-order valence-corrected chi connectivity index (χ3v) is 2.94. The van der Waals surface area contributed by atoms with E-state index in [4.69, 9.17) is 0 Å². The first-order valence-corrected chi connectivity index (χ1v) is 5.67. The van der Waals surface area contributed by atoms with Gasteiger partial charge in [0.25, 0.3) is 0 Å². The van der Waals surface area contributed by atoms with Gasteiger partial charge in [0.15, 0.2) is 0 Å². The Morgan fingerprint density at radius 1 is 1.25 bits per heavy atom. The summed E-state index contributed by atoms with van der Waals surface area (Å²) in [5.41, 5.74) is 5.17. The van der Waals surface area contributed by atoms with Gasteiger partial charge >= 0.3 is 0 Å². The van der Waals surface area contributed by atoms with E-state index in [2.05, 4.69) is 50.3 Å². The normalized spacial score (nSPS) is 11.1. The molecule has 1 aromatic heterocycles. The summed E-state index contributed by atoms with van der Waals surface area (Å²) >= 11 is 0. The molecular weight excluding hydrogens is 196 g/mol. The Morgan fingerprint density at radius 2 is 2.00 bits per heavy atom. The standard InChI is InChI=1S/C14H18N2/c1-10(2)12-6-5-11(3)14(7-12)13-8-15-16(4)9-13/h5-10H,1-4H3. The highest BCUT2D eigenvalue weighted by atomic mass is 15.2. The van der Waals surface area contributed by atoms with Crippen LogP contribution in [0.3, 0.4) is 0 Å². The lowest BCUT2D eigenvalue weighted by molar-refractivity contribution is 0.768. The molecule has 0 fully saturated rings. The van der Waals surface area contributed by atoms with Crippen LogP contribution in [0.1, 0.15) is 30.9 Å². The maximum atomic E-state index is 4.23. The molecule has 0 N–H and O–H groups in total. The lowest BCUT2D eigenvalue weighted by Gasteiger charge is -2.09. The van der Waals surface area contributed by atoms with Crippen molar-refractivity contribution in [3.8, 4) is 11.1 Å². The highest BCUT2D eigenvalue weighted by Gasteiger charge is 2.07. The zero-order valence-electron chi connectivity index (χ0n) is 10.4. The predicted molar refractivity (Wildman–Crippen MR) is 67.5 cm³/mol. The van der Waals surface area contributed by atoms with Crippen LogP contribution in [0.25, 0.3) is 11.1 Å². The molecule has 2 nitrogen and oxygen atoms in total. The summed E-state index contributed by atoms with van der Waals surface area (Å²) in [6.45, 7) is 6.59. The van der Waals surface area contributed by atoms with Crippen LogP contribution in [-0.2, 0) is 7.05 Å². The zero-order valence-corrected chi connectivity index (χ0v) is 10.4. The van der Waals surface area contributed by atoms with Crippen LogP contribution in [0.15, 0.2) is 30.6 Å². The molecule has 0 aliphatic rings. The minimum atomic E-state index is 0.566.